The van der Waals surface area contributed by atoms with Gasteiger partial charge in [-0.25, -0.2) is 0 Å². The highest BCUT2D eigenvalue weighted by molar-refractivity contribution is 5.96. The smallest absolute Gasteiger partial charge is 0.320 e. The van der Waals surface area contributed by atoms with Crippen molar-refractivity contribution in [3.05, 3.63) is 110 Å². The molecule has 0 fully saturated rings. The Hall–Kier alpha value is -6.78. The van der Waals surface area contributed by atoms with Crippen LogP contribution in [0.5, 0.6) is 0 Å². The van der Waals surface area contributed by atoms with Crippen LogP contribution < -0.4 is 11.5 Å². The Morgan fingerprint density at radius 3 is 1.78 bits per heavy atom. The van der Waals surface area contributed by atoms with E-state index in [-0.39, 0.29) is 17.7 Å². The van der Waals surface area contributed by atoms with Gasteiger partial charge in [0.2, 0.25) is 0 Å². The molecule has 12 heteroatoms. The van der Waals surface area contributed by atoms with Gasteiger partial charge in [-0.05, 0) is 86.5 Å². The standard InChI is InChI=1S/C15H15N3O4.C15H16N2O2.C12H11N/c1-4-9-5-6-12-13(14(9)18(21)22)10(8(2)17(12)3)7-11(16)15(19)20;1-4-10-5-6-14-12(7-10)11(9(2)17(14)3)8-13(16)15(18)19;1-4-10-5-6-12-11(8-10)7-9(2)13(12)3/h1,5-6,11H,7,16H2,2-3H3,(H,19,20);1,5-7,13H,8,16H2,2-3H3,(H,18,19);1,5-8H,2-3H3. The minimum atomic E-state index is -1.16. The molecule has 6 rings (SSSR count). The van der Waals surface area contributed by atoms with Crippen LogP contribution in [0.1, 0.15) is 44.9 Å². The highest BCUT2D eigenvalue weighted by atomic mass is 16.6. The molecule has 0 spiro atoms. The monoisotopic (exact) mass is 726 g/mol. The number of nitrogens with zero attached hydrogens (tertiary/aromatic N) is 4. The average Bonchev–Trinajstić information content (AvgIpc) is 3.67. The Kier molecular flexibility index (Phi) is 12.1. The van der Waals surface area contributed by atoms with Crippen molar-refractivity contribution >= 4 is 50.3 Å². The predicted octanol–water partition coefficient (Wildman–Crippen LogP) is 5.22. The molecule has 6 N–H and O–H groups in total. The van der Waals surface area contributed by atoms with Gasteiger partial charge in [0.1, 0.15) is 17.6 Å². The molecule has 0 radical (unpaired) electrons. The molecule has 3 heterocycles. The van der Waals surface area contributed by atoms with Crippen LogP contribution in [0.25, 0.3) is 32.7 Å². The van der Waals surface area contributed by atoms with E-state index < -0.39 is 28.9 Å². The van der Waals surface area contributed by atoms with Crippen molar-refractivity contribution in [1.29, 1.82) is 0 Å². The molecule has 3 aromatic heterocycles. The van der Waals surface area contributed by atoms with Crippen LogP contribution in [-0.2, 0) is 43.6 Å². The summed E-state index contributed by atoms with van der Waals surface area (Å²) in [5, 5.41) is 31.9. The van der Waals surface area contributed by atoms with Gasteiger partial charge in [0, 0.05) is 84.0 Å². The Morgan fingerprint density at radius 1 is 0.741 bits per heavy atom. The third-order valence-electron chi connectivity index (χ3n) is 9.82. The van der Waals surface area contributed by atoms with Gasteiger partial charge in [-0.15, -0.1) is 19.3 Å². The zero-order valence-electron chi connectivity index (χ0n) is 31.0. The van der Waals surface area contributed by atoms with Gasteiger partial charge >= 0.3 is 11.9 Å². The number of carbonyl (C=O) groups is 2. The Morgan fingerprint density at radius 2 is 1.24 bits per heavy atom. The van der Waals surface area contributed by atoms with Crippen LogP contribution >= 0.6 is 0 Å². The first kappa shape index (κ1) is 40.0. The molecule has 3 aromatic carbocycles. The van der Waals surface area contributed by atoms with Crippen molar-refractivity contribution in [2.75, 3.05) is 0 Å². The molecule has 2 unspecified atom stereocenters. The van der Waals surface area contributed by atoms with Gasteiger partial charge in [0.25, 0.3) is 5.69 Å². The van der Waals surface area contributed by atoms with Crippen LogP contribution in [0, 0.1) is 67.9 Å². The quantitative estimate of drug-likeness (QED) is 0.0980. The molecule has 54 heavy (non-hydrogen) atoms. The number of carboxylic acid groups (broad SMARTS) is 2. The summed E-state index contributed by atoms with van der Waals surface area (Å²) in [5.41, 5.74) is 20.3. The van der Waals surface area contributed by atoms with Crippen molar-refractivity contribution in [3.63, 3.8) is 0 Å². The molecular formula is C42H42N6O6. The van der Waals surface area contributed by atoms with E-state index in [1.54, 1.807) is 24.6 Å². The summed E-state index contributed by atoms with van der Waals surface area (Å²) >= 11 is 0. The van der Waals surface area contributed by atoms with E-state index in [4.69, 9.17) is 41.0 Å². The van der Waals surface area contributed by atoms with E-state index in [1.807, 2.05) is 48.9 Å². The van der Waals surface area contributed by atoms with Crippen LogP contribution in [0.3, 0.4) is 0 Å². The maximum absolute atomic E-state index is 11.4. The fraction of sp³-hybridized carbons (Fsp3) is 0.238. The van der Waals surface area contributed by atoms with Crippen molar-refractivity contribution < 1.29 is 24.7 Å². The lowest BCUT2D eigenvalue weighted by Gasteiger charge is -2.07. The number of fused-ring (bicyclic) bond motifs is 3. The number of hydrogen-bond acceptors (Lipinski definition) is 6. The number of nitro groups is 1. The van der Waals surface area contributed by atoms with E-state index >= 15 is 0 Å². The van der Waals surface area contributed by atoms with Crippen LogP contribution in [-0.4, -0.2) is 52.9 Å². The third-order valence-corrected chi connectivity index (χ3v) is 9.82. The first-order valence-corrected chi connectivity index (χ1v) is 16.7. The summed E-state index contributed by atoms with van der Waals surface area (Å²) in [5.74, 6) is 5.38. The second-order valence-corrected chi connectivity index (χ2v) is 12.9. The zero-order valence-corrected chi connectivity index (χ0v) is 31.0. The lowest BCUT2D eigenvalue weighted by Crippen LogP contribution is -2.32. The number of carboxylic acids is 2. The SMILES string of the molecule is C#Cc1ccc2c(c(CC(N)C(=O)O)c(C)n2C)c1[N+](=O)[O-].C#Cc1ccc2c(c1)c(CC(N)C(=O)O)c(C)n2C.C#Cc1ccc2c(c1)cc(C)n2C. The minimum absolute atomic E-state index is 0.00658. The number of hydrogen-bond donors (Lipinski definition) is 4. The number of aromatic nitrogens is 3. The summed E-state index contributed by atoms with van der Waals surface area (Å²) in [7, 11) is 5.77. The van der Waals surface area contributed by atoms with Crippen LogP contribution in [0.2, 0.25) is 0 Å². The molecule has 0 saturated carbocycles. The summed E-state index contributed by atoms with van der Waals surface area (Å²) in [4.78, 5) is 32.8. The molecule has 2 atom stereocenters. The van der Waals surface area contributed by atoms with Gasteiger partial charge in [-0.2, -0.15) is 0 Å². The summed E-state index contributed by atoms with van der Waals surface area (Å²) < 4.78 is 5.96. The Bertz CT molecular complexity index is 2580. The van der Waals surface area contributed by atoms with Gasteiger partial charge in [-0.3, -0.25) is 19.7 Å². The van der Waals surface area contributed by atoms with E-state index in [2.05, 4.69) is 48.4 Å². The summed E-state index contributed by atoms with van der Waals surface area (Å²) in [6.45, 7) is 5.82. The first-order valence-electron chi connectivity index (χ1n) is 16.7. The van der Waals surface area contributed by atoms with Crippen LogP contribution in [0.4, 0.5) is 5.69 Å². The molecule has 0 amide bonds. The molecule has 0 aliphatic rings. The molecule has 12 nitrogen and oxygen atoms in total. The maximum atomic E-state index is 11.4. The molecule has 276 valence electrons. The molecule has 0 bridgehead atoms. The van der Waals surface area contributed by atoms with E-state index in [0.717, 1.165) is 39.0 Å². The summed E-state index contributed by atoms with van der Waals surface area (Å²) in [6.07, 6.45) is 16.4. The van der Waals surface area contributed by atoms with E-state index in [1.165, 1.54) is 22.7 Å². The highest BCUT2D eigenvalue weighted by Gasteiger charge is 2.27. The Balaban J connectivity index is 0.000000186. The van der Waals surface area contributed by atoms with Gasteiger partial charge in [-0.1, -0.05) is 17.8 Å². The number of rotatable bonds is 7. The Labute approximate surface area is 313 Å². The van der Waals surface area contributed by atoms with Crippen molar-refractivity contribution in [1.82, 2.24) is 13.7 Å². The van der Waals surface area contributed by atoms with Crippen LogP contribution in [0.15, 0.2) is 54.6 Å². The number of benzene rings is 3. The van der Waals surface area contributed by atoms with Crippen molar-refractivity contribution in [3.8, 4) is 37.0 Å². The molecule has 0 aliphatic carbocycles. The lowest BCUT2D eigenvalue weighted by atomic mass is 10.00. The fourth-order valence-electron chi connectivity index (χ4n) is 6.46. The van der Waals surface area contributed by atoms with Gasteiger partial charge < -0.3 is 35.4 Å². The number of aryl methyl sites for hydroxylation is 4. The van der Waals surface area contributed by atoms with E-state index in [0.29, 0.717) is 22.9 Å². The summed E-state index contributed by atoms with van der Waals surface area (Å²) in [6, 6.07) is 15.1. The lowest BCUT2D eigenvalue weighted by molar-refractivity contribution is -0.383. The largest absolute Gasteiger partial charge is 0.480 e. The maximum Gasteiger partial charge on any atom is 0.320 e. The average molecular weight is 727 g/mol. The number of aliphatic carboxylic acids is 2. The molecule has 6 aromatic rings. The van der Waals surface area contributed by atoms with E-state index in [9.17, 15) is 19.7 Å². The second kappa shape index (κ2) is 16.3. The van der Waals surface area contributed by atoms with Crippen molar-refractivity contribution in [2.24, 2.45) is 32.6 Å². The third kappa shape index (κ3) is 7.84. The van der Waals surface area contributed by atoms with Crippen molar-refractivity contribution in [2.45, 2.75) is 45.7 Å². The normalized spacial score (nSPS) is 11.7. The molecule has 0 aliphatic heterocycles. The second-order valence-electron chi connectivity index (χ2n) is 12.9. The number of nitro benzene ring substituents is 1. The fourth-order valence-corrected chi connectivity index (χ4v) is 6.46. The van der Waals surface area contributed by atoms with Gasteiger partial charge in [0.05, 0.1) is 15.8 Å². The minimum Gasteiger partial charge on any atom is -0.480 e. The first-order chi connectivity index (χ1) is 25.5. The van der Waals surface area contributed by atoms with Gasteiger partial charge in [0.15, 0.2) is 0 Å². The number of nitrogens with two attached hydrogens (primary N) is 2. The topological polar surface area (TPSA) is 185 Å². The predicted molar refractivity (Wildman–Crippen MR) is 212 cm³/mol. The highest BCUT2D eigenvalue weighted by Crippen LogP contribution is 2.36. The number of terminal acetylenes is 3. The molecular weight excluding hydrogens is 684 g/mol. The molecule has 0 saturated heterocycles. The zero-order chi connectivity index (χ0) is 40.2.